The van der Waals surface area contributed by atoms with E-state index in [1.165, 1.54) is 0 Å². The highest BCUT2D eigenvalue weighted by atomic mass is 16.5. The molecule has 2 fully saturated rings. The summed E-state index contributed by atoms with van der Waals surface area (Å²) in [4.78, 5) is 37.6. The molecule has 0 atom stereocenters. The zero-order valence-corrected chi connectivity index (χ0v) is 20.0. The topological polar surface area (TPSA) is 133 Å². The van der Waals surface area contributed by atoms with Crippen LogP contribution in [0.4, 0.5) is 4.79 Å². The number of amides is 4. The second-order valence-electron chi connectivity index (χ2n) is 9.09. The van der Waals surface area contributed by atoms with Gasteiger partial charge in [-0.3, -0.25) is 20.2 Å². The van der Waals surface area contributed by atoms with E-state index < -0.39 is 23.4 Å². The smallest absolute Gasteiger partial charge is 0.328 e. The second kappa shape index (κ2) is 9.44. The lowest BCUT2D eigenvalue weighted by atomic mass is 9.75. The lowest BCUT2D eigenvalue weighted by molar-refractivity contribution is -0.158. The van der Waals surface area contributed by atoms with E-state index in [9.17, 15) is 14.4 Å². The van der Waals surface area contributed by atoms with E-state index in [2.05, 4.69) is 20.8 Å². The van der Waals surface area contributed by atoms with Crippen molar-refractivity contribution in [2.75, 3.05) is 0 Å². The number of imide groups is 2. The summed E-state index contributed by atoms with van der Waals surface area (Å²) >= 11 is 0. The van der Waals surface area contributed by atoms with Gasteiger partial charge in [-0.1, -0.05) is 19.3 Å². The Bertz CT molecular complexity index is 1290. The molecule has 4 amide bonds. The molecule has 10 heteroatoms. The molecule has 1 aromatic heterocycles. The summed E-state index contributed by atoms with van der Waals surface area (Å²) in [5, 5.41) is 12.3. The highest BCUT2D eigenvalue weighted by Gasteiger charge is 2.58. The fourth-order valence-corrected chi connectivity index (χ4v) is 4.82. The molecule has 1 aliphatic carbocycles. The van der Waals surface area contributed by atoms with Gasteiger partial charge in [0.05, 0.1) is 0 Å². The van der Waals surface area contributed by atoms with E-state index in [4.69, 9.17) is 13.9 Å². The van der Waals surface area contributed by atoms with Crippen LogP contribution < -0.4 is 20.1 Å². The van der Waals surface area contributed by atoms with Gasteiger partial charge in [0.2, 0.25) is 11.8 Å². The number of nitrogens with one attached hydrogen (secondary N) is 2. The molecule has 0 bridgehead atoms. The first-order valence-corrected chi connectivity index (χ1v) is 11.9. The Hall–Kier alpha value is -4.21. The van der Waals surface area contributed by atoms with Crippen molar-refractivity contribution in [2.24, 2.45) is 5.92 Å². The third-order valence-electron chi connectivity index (χ3n) is 6.60. The minimum absolute atomic E-state index is 0.325. The van der Waals surface area contributed by atoms with Crippen LogP contribution >= 0.6 is 0 Å². The number of aromatic nitrogens is 2. The van der Waals surface area contributed by atoms with E-state index >= 15 is 0 Å². The molecule has 2 aromatic carbocycles. The Kier molecular flexibility index (Phi) is 6.17. The van der Waals surface area contributed by atoms with Crippen molar-refractivity contribution < 1.29 is 28.3 Å². The Balaban J connectivity index is 1.34. The van der Waals surface area contributed by atoms with Gasteiger partial charge in [-0.25, -0.2) is 4.79 Å². The first-order valence-electron chi connectivity index (χ1n) is 11.9. The molecule has 3 aromatic rings. The summed E-state index contributed by atoms with van der Waals surface area (Å²) in [6.07, 6.45) is 4.14. The van der Waals surface area contributed by atoms with Crippen LogP contribution in [-0.2, 0) is 9.59 Å². The maximum Gasteiger partial charge on any atom is 0.328 e. The van der Waals surface area contributed by atoms with Crippen molar-refractivity contribution in [3.05, 3.63) is 53.9 Å². The van der Waals surface area contributed by atoms with Gasteiger partial charge in [0, 0.05) is 18.4 Å². The largest absolute Gasteiger partial charge is 0.467 e. The molecule has 2 N–H and O–H groups in total. The minimum atomic E-state index is -1.79. The van der Waals surface area contributed by atoms with Crippen LogP contribution in [0.25, 0.3) is 11.5 Å². The van der Waals surface area contributed by atoms with E-state index in [0.29, 0.717) is 41.9 Å². The molecule has 36 heavy (non-hydrogen) atoms. The number of hydrogen-bond acceptors (Lipinski definition) is 8. The Morgan fingerprint density at radius 3 is 2.11 bits per heavy atom. The van der Waals surface area contributed by atoms with Gasteiger partial charge in [-0.2, -0.15) is 0 Å². The number of ether oxygens (including phenoxy) is 2. The number of rotatable bonds is 6. The van der Waals surface area contributed by atoms with Crippen LogP contribution in [0.1, 0.15) is 43.6 Å². The van der Waals surface area contributed by atoms with Crippen molar-refractivity contribution in [1.82, 2.24) is 20.8 Å². The zero-order valence-electron chi connectivity index (χ0n) is 20.0. The lowest BCUT2D eigenvalue weighted by Gasteiger charge is -2.41. The van der Waals surface area contributed by atoms with Crippen LogP contribution in [-0.4, -0.2) is 33.6 Å². The molecule has 5 rings (SSSR count). The molecule has 10 nitrogen and oxygen atoms in total. The van der Waals surface area contributed by atoms with Crippen molar-refractivity contribution in [3.8, 4) is 28.7 Å². The van der Waals surface area contributed by atoms with Crippen molar-refractivity contribution in [3.63, 3.8) is 0 Å². The number of hydrogen-bond donors (Lipinski definition) is 2. The van der Waals surface area contributed by atoms with Crippen molar-refractivity contribution in [1.29, 1.82) is 0 Å². The van der Waals surface area contributed by atoms with Gasteiger partial charge < -0.3 is 13.9 Å². The third-order valence-corrected chi connectivity index (χ3v) is 6.60. The molecule has 186 valence electrons. The summed E-state index contributed by atoms with van der Waals surface area (Å²) in [6, 6.07) is 11.3. The predicted octanol–water partition coefficient (Wildman–Crippen LogP) is 4.21. The van der Waals surface area contributed by atoms with Crippen LogP contribution in [0.2, 0.25) is 0 Å². The van der Waals surface area contributed by atoms with Crippen LogP contribution in [0.5, 0.6) is 17.2 Å². The maximum atomic E-state index is 13.0. The van der Waals surface area contributed by atoms with Crippen LogP contribution in [0.15, 0.2) is 46.9 Å². The average molecular weight is 491 g/mol. The number of nitrogens with zero attached hydrogens (tertiary/aromatic N) is 2. The van der Waals surface area contributed by atoms with E-state index in [1.54, 1.807) is 37.3 Å². The number of carbonyl (C=O) groups excluding carboxylic acids is 3. The quantitative estimate of drug-likeness (QED) is 0.491. The van der Waals surface area contributed by atoms with Gasteiger partial charge in [0.1, 0.15) is 17.2 Å². The van der Waals surface area contributed by atoms with Gasteiger partial charge >= 0.3 is 6.03 Å². The molecule has 2 heterocycles. The molecule has 0 unspecified atom stereocenters. The third kappa shape index (κ3) is 4.41. The Labute approximate surface area is 207 Å². The Morgan fingerprint density at radius 1 is 0.861 bits per heavy atom. The molecule has 1 saturated heterocycles. The monoisotopic (exact) mass is 490 g/mol. The average Bonchev–Trinajstić information content (AvgIpc) is 3.29. The van der Waals surface area contributed by atoms with E-state index in [-0.39, 0.29) is 5.92 Å². The highest BCUT2D eigenvalue weighted by Crippen LogP contribution is 2.38. The summed E-state index contributed by atoms with van der Waals surface area (Å²) in [6.45, 7) is 3.66. The van der Waals surface area contributed by atoms with Gasteiger partial charge in [-0.15, -0.1) is 10.2 Å². The molecule has 0 spiro atoms. The zero-order chi connectivity index (χ0) is 25.3. The molecular formula is C26H26N4O6. The van der Waals surface area contributed by atoms with E-state index in [0.717, 1.165) is 30.4 Å². The predicted molar refractivity (Wildman–Crippen MR) is 127 cm³/mol. The van der Waals surface area contributed by atoms with Crippen molar-refractivity contribution >= 4 is 17.8 Å². The number of carbonyl (C=O) groups is 3. The standard InChI is InChI=1S/C26H26N4O6/c1-15-14-20(12-13-21(15)22-30-29-16(2)34-22)35-18-8-10-19(11-9-18)36-26(17-6-4-3-5-7-17)23(31)27-25(33)28-24(26)32/h8-14,17H,3-7H2,1-2H3,(H2,27,28,31,32,33). The van der Waals surface area contributed by atoms with Gasteiger partial charge in [-0.05, 0) is 67.8 Å². The normalized spacial score (nSPS) is 17.9. The molecular weight excluding hydrogens is 464 g/mol. The number of aryl methyl sites for hydroxylation is 2. The SMILES string of the molecule is Cc1nnc(-c2ccc(Oc3ccc(OC4(C5CCCCC5)C(=O)NC(=O)NC4=O)cc3)cc2C)o1. The van der Waals surface area contributed by atoms with Crippen LogP contribution in [0.3, 0.4) is 0 Å². The Morgan fingerprint density at radius 2 is 1.50 bits per heavy atom. The number of urea groups is 1. The molecule has 1 aliphatic heterocycles. The lowest BCUT2D eigenvalue weighted by Crippen LogP contribution is -2.72. The molecule has 0 radical (unpaired) electrons. The number of barbiturate groups is 1. The van der Waals surface area contributed by atoms with Gasteiger partial charge in [0.25, 0.3) is 17.4 Å². The van der Waals surface area contributed by atoms with Crippen molar-refractivity contribution in [2.45, 2.75) is 51.6 Å². The fraction of sp³-hybridized carbons (Fsp3) is 0.346. The fourth-order valence-electron chi connectivity index (χ4n) is 4.82. The van der Waals surface area contributed by atoms with Crippen LogP contribution in [0, 0.1) is 19.8 Å². The van der Waals surface area contributed by atoms with E-state index in [1.807, 2.05) is 19.1 Å². The summed E-state index contributed by atoms with van der Waals surface area (Å²) in [5.41, 5.74) is -0.0619. The minimum Gasteiger partial charge on any atom is -0.467 e. The second-order valence-corrected chi connectivity index (χ2v) is 9.09. The van der Waals surface area contributed by atoms with Gasteiger partial charge in [0.15, 0.2) is 0 Å². The summed E-state index contributed by atoms with van der Waals surface area (Å²) < 4.78 is 17.6. The first kappa shape index (κ1) is 23.5. The summed E-state index contributed by atoms with van der Waals surface area (Å²) in [5.74, 6) is 0.637. The number of benzene rings is 2. The summed E-state index contributed by atoms with van der Waals surface area (Å²) in [7, 11) is 0. The first-order chi connectivity index (χ1) is 17.3. The molecule has 2 aliphatic rings. The highest BCUT2D eigenvalue weighted by molar-refractivity contribution is 6.22. The molecule has 1 saturated carbocycles. The maximum absolute atomic E-state index is 13.0.